The topological polar surface area (TPSA) is 52.6 Å². The monoisotopic (exact) mass is 222 g/mol. The molecule has 0 aromatic heterocycles. The normalized spacial score (nSPS) is 9.69. The van der Waals surface area contributed by atoms with Gasteiger partial charge in [-0.05, 0) is 37.6 Å². The molecule has 1 aromatic carbocycles. The Morgan fingerprint density at radius 2 is 1.94 bits per heavy atom. The van der Waals surface area contributed by atoms with Gasteiger partial charge in [0.1, 0.15) is 18.1 Å². The Labute approximate surface area is 94.2 Å². The fourth-order valence-electron chi connectivity index (χ4n) is 1.19. The van der Waals surface area contributed by atoms with Crippen LogP contribution in [0.1, 0.15) is 19.4 Å². The van der Waals surface area contributed by atoms with Gasteiger partial charge in [0.25, 0.3) is 0 Å². The highest BCUT2D eigenvalue weighted by Gasteiger charge is 2.04. The fourth-order valence-corrected chi connectivity index (χ4v) is 1.19. The number of hydrogen-bond acceptors (Lipinski definition) is 4. The predicted molar refractivity (Wildman–Crippen MR) is 58.7 cm³/mol. The number of Topliss-reactive ketones (excluding diaryl/α,β-unsaturated/α-hetero) is 1. The number of carbonyl (C=O) groups excluding carboxylic acids is 2. The van der Waals surface area contributed by atoms with Gasteiger partial charge in [-0.25, -0.2) is 0 Å². The molecule has 0 aliphatic carbocycles. The summed E-state index contributed by atoms with van der Waals surface area (Å²) in [6, 6.07) is 5.00. The number of rotatable bonds is 4. The van der Waals surface area contributed by atoms with E-state index in [0.29, 0.717) is 11.5 Å². The number of esters is 1. The third-order valence-corrected chi connectivity index (χ3v) is 1.84. The lowest BCUT2D eigenvalue weighted by Gasteiger charge is -2.09. The van der Waals surface area contributed by atoms with Crippen molar-refractivity contribution in [1.82, 2.24) is 0 Å². The van der Waals surface area contributed by atoms with Crippen LogP contribution in [0.2, 0.25) is 0 Å². The molecule has 0 saturated carbocycles. The molecule has 0 unspecified atom stereocenters. The minimum atomic E-state index is -0.364. The van der Waals surface area contributed by atoms with Crippen molar-refractivity contribution < 1.29 is 19.1 Å². The Bertz CT molecular complexity index is 409. The summed E-state index contributed by atoms with van der Waals surface area (Å²) in [6.07, 6.45) is 0. The molecule has 0 radical (unpaired) electrons. The number of ketones is 1. The molecular formula is C12H14O4. The molecule has 4 heteroatoms. The highest BCUT2D eigenvalue weighted by molar-refractivity contribution is 5.77. The first kappa shape index (κ1) is 12.2. The van der Waals surface area contributed by atoms with Crippen molar-refractivity contribution in [2.45, 2.75) is 20.8 Å². The third kappa shape index (κ3) is 3.73. The van der Waals surface area contributed by atoms with Gasteiger partial charge in [-0.2, -0.15) is 0 Å². The Hall–Kier alpha value is -1.84. The molecule has 0 atom stereocenters. The first-order valence-electron chi connectivity index (χ1n) is 4.90. The maximum Gasteiger partial charge on any atom is 0.308 e. The zero-order valence-corrected chi connectivity index (χ0v) is 9.57. The summed E-state index contributed by atoms with van der Waals surface area (Å²) in [6.45, 7) is 4.67. The van der Waals surface area contributed by atoms with Crippen LogP contribution in [0.25, 0.3) is 0 Å². The van der Waals surface area contributed by atoms with Crippen LogP contribution in [0.4, 0.5) is 0 Å². The van der Waals surface area contributed by atoms with Gasteiger partial charge in [-0.3, -0.25) is 9.59 Å². The Morgan fingerprint density at radius 1 is 1.25 bits per heavy atom. The van der Waals surface area contributed by atoms with Crippen LogP contribution < -0.4 is 9.47 Å². The quantitative estimate of drug-likeness (QED) is 0.576. The Kier molecular flexibility index (Phi) is 4.05. The highest BCUT2D eigenvalue weighted by atomic mass is 16.5. The number of carbonyl (C=O) groups is 2. The summed E-state index contributed by atoms with van der Waals surface area (Å²) in [7, 11) is 0. The Balaban J connectivity index is 2.75. The van der Waals surface area contributed by atoms with Crippen molar-refractivity contribution >= 4 is 11.8 Å². The lowest BCUT2D eigenvalue weighted by molar-refractivity contribution is -0.131. The zero-order chi connectivity index (χ0) is 12.1. The lowest BCUT2D eigenvalue weighted by atomic mass is 10.2. The molecule has 0 amide bonds. The van der Waals surface area contributed by atoms with Crippen molar-refractivity contribution in [2.24, 2.45) is 0 Å². The molecule has 86 valence electrons. The maximum atomic E-state index is 10.7. The van der Waals surface area contributed by atoms with Gasteiger partial charge < -0.3 is 9.47 Å². The number of benzene rings is 1. The molecule has 0 bridgehead atoms. The van der Waals surface area contributed by atoms with Crippen molar-refractivity contribution in [3.63, 3.8) is 0 Å². The van der Waals surface area contributed by atoms with Gasteiger partial charge in [0.05, 0.1) is 0 Å². The summed E-state index contributed by atoms with van der Waals surface area (Å²) in [5, 5.41) is 0. The van der Waals surface area contributed by atoms with Gasteiger partial charge in [-0.1, -0.05) is 0 Å². The zero-order valence-electron chi connectivity index (χ0n) is 9.57. The number of hydrogen-bond donors (Lipinski definition) is 0. The second-order valence-corrected chi connectivity index (χ2v) is 3.51. The van der Waals surface area contributed by atoms with Crippen LogP contribution in [0.3, 0.4) is 0 Å². The van der Waals surface area contributed by atoms with E-state index in [9.17, 15) is 9.59 Å². The van der Waals surface area contributed by atoms with E-state index in [1.54, 1.807) is 18.2 Å². The molecule has 0 saturated heterocycles. The van der Waals surface area contributed by atoms with Gasteiger partial charge in [0.15, 0.2) is 5.78 Å². The predicted octanol–water partition coefficient (Wildman–Crippen LogP) is 1.89. The molecule has 4 nitrogen and oxygen atoms in total. The summed E-state index contributed by atoms with van der Waals surface area (Å²) < 4.78 is 10.2. The van der Waals surface area contributed by atoms with Crippen LogP contribution >= 0.6 is 0 Å². The average Bonchev–Trinajstić information content (AvgIpc) is 2.15. The molecule has 1 aromatic rings. The van der Waals surface area contributed by atoms with Gasteiger partial charge in [-0.15, -0.1) is 0 Å². The van der Waals surface area contributed by atoms with Gasteiger partial charge >= 0.3 is 5.97 Å². The van der Waals surface area contributed by atoms with Crippen LogP contribution in [-0.2, 0) is 9.59 Å². The van der Waals surface area contributed by atoms with Crippen molar-refractivity contribution in [3.05, 3.63) is 23.8 Å². The van der Waals surface area contributed by atoms with E-state index < -0.39 is 0 Å². The molecule has 0 aliphatic heterocycles. The highest BCUT2D eigenvalue weighted by Crippen LogP contribution is 2.23. The molecule has 1 rings (SSSR count). The largest absolute Gasteiger partial charge is 0.486 e. The smallest absolute Gasteiger partial charge is 0.308 e. The molecule has 16 heavy (non-hydrogen) atoms. The lowest BCUT2D eigenvalue weighted by Crippen LogP contribution is -2.07. The van der Waals surface area contributed by atoms with Crippen molar-refractivity contribution in [2.75, 3.05) is 6.61 Å². The summed E-state index contributed by atoms with van der Waals surface area (Å²) in [5.74, 6) is 0.687. The van der Waals surface area contributed by atoms with Gasteiger partial charge in [0.2, 0.25) is 0 Å². The minimum Gasteiger partial charge on any atom is -0.486 e. The number of ether oxygens (including phenoxy) is 2. The van der Waals surface area contributed by atoms with Crippen LogP contribution in [0, 0.1) is 6.92 Å². The van der Waals surface area contributed by atoms with Crippen molar-refractivity contribution in [1.29, 1.82) is 0 Å². The second-order valence-electron chi connectivity index (χ2n) is 3.51. The van der Waals surface area contributed by atoms with Crippen LogP contribution in [0.15, 0.2) is 18.2 Å². The molecular weight excluding hydrogens is 208 g/mol. The fraction of sp³-hybridized carbons (Fsp3) is 0.333. The van der Waals surface area contributed by atoms with E-state index in [1.807, 2.05) is 6.92 Å². The third-order valence-electron chi connectivity index (χ3n) is 1.84. The SMILES string of the molecule is CC(=O)COc1ccc(OC(C)=O)cc1C. The van der Waals surface area contributed by atoms with E-state index in [1.165, 1.54) is 13.8 Å². The molecule has 0 aliphatic rings. The first-order chi connectivity index (χ1) is 7.49. The van der Waals surface area contributed by atoms with Crippen LogP contribution in [-0.4, -0.2) is 18.4 Å². The summed E-state index contributed by atoms with van der Waals surface area (Å²) >= 11 is 0. The maximum absolute atomic E-state index is 10.7. The van der Waals surface area contributed by atoms with E-state index in [-0.39, 0.29) is 18.4 Å². The molecule has 0 heterocycles. The summed E-state index contributed by atoms with van der Waals surface area (Å²) in [5.41, 5.74) is 0.819. The van der Waals surface area contributed by atoms with E-state index in [0.717, 1.165) is 5.56 Å². The van der Waals surface area contributed by atoms with E-state index in [4.69, 9.17) is 9.47 Å². The van der Waals surface area contributed by atoms with E-state index in [2.05, 4.69) is 0 Å². The Morgan fingerprint density at radius 3 is 2.44 bits per heavy atom. The van der Waals surface area contributed by atoms with Crippen LogP contribution in [0.5, 0.6) is 11.5 Å². The van der Waals surface area contributed by atoms with E-state index >= 15 is 0 Å². The average molecular weight is 222 g/mol. The van der Waals surface area contributed by atoms with Gasteiger partial charge in [0, 0.05) is 6.92 Å². The molecule has 0 spiro atoms. The second kappa shape index (κ2) is 5.30. The summed E-state index contributed by atoms with van der Waals surface area (Å²) in [4.78, 5) is 21.5. The minimum absolute atomic E-state index is 0.0385. The standard InChI is InChI=1S/C12H14O4/c1-8-6-11(16-10(3)14)4-5-12(8)15-7-9(2)13/h4-6H,7H2,1-3H3. The molecule has 0 fully saturated rings. The number of aryl methyl sites for hydroxylation is 1. The molecule has 0 N–H and O–H groups in total. The van der Waals surface area contributed by atoms with Crippen molar-refractivity contribution in [3.8, 4) is 11.5 Å². The first-order valence-corrected chi connectivity index (χ1v) is 4.90.